The largest absolute Gasteiger partial charge is 0.465 e. The van der Waals surface area contributed by atoms with Crippen LogP contribution in [-0.2, 0) is 11.2 Å². The highest BCUT2D eigenvalue weighted by Crippen LogP contribution is 2.27. The van der Waals surface area contributed by atoms with Crippen molar-refractivity contribution < 1.29 is 14.6 Å². The zero-order valence-electron chi connectivity index (χ0n) is 10.3. The number of carbonyl (C=O) groups excluding carboxylic acids is 1. The Balaban J connectivity index is 3.03. The van der Waals surface area contributed by atoms with Crippen LogP contribution in [0.5, 0.6) is 0 Å². The van der Waals surface area contributed by atoms with Crippen molar-refractivity contribution in [3.8, 4) is 0 Å². The molecule has 0 radical (unpaired) electrons. The van der Waals surface area contributed by atoms with Crippen LogP contribution in [0, 0.1) is 5.41 Å². The van der Waals surface area contributed by atoms with Crippen LogP contribution in [0.1, 0.15) is 29.8 Å². The van der Waals surface area contributed by atoms with Crippen LogP contribution < -0.4 is 0 Å². The van der Waals surface area contributed by atoms with Gasteiger partial charge in [-0.2, -0.15) is 0 Å². The molecular weight excluding hydrogens is 284 g/mol. The molecule has 17 heavy (non-hydrogen) atoms. The number of methoxy groups -OCH3 is 1. The first-order chi connectivity index (χ1) is 7.89. The van der Waals surface area contributed by atoms with Crippen LogP contribution in [0.25, 0.3) is 0 Å². The minimum absolute atomic E-state index is 0.0991. The Hall–Kier alpha value is -0.870. The second-order valence-corrected chi connectivity index (χ2v) is 5.65. The van der Waals surface area contributed by atoms with E-state index in [1.165, 1.54) is 7.11 Å². The molecule has 0 amide bonds. The maximum Gasteiger partial charge on any atom is 0.337 e. The van der Waals surface area contributed by atoms with Crippen LogP contribution >= 0.6 is 15.9 Å². The minimum atomic E-state index is -0.347. The number of benzene rings is 1. The van der Waals surface area contributed by atoms with E-state index >= 15 is 0 Å². The van der Waals surface area contributed by atoms with Gasteiger partial charge < -0.3 is 9.84 Å². The van der Waals surface area contributed by atoms with Gasteiger partial charge >= 0.3 is 5.97 Å². The Kier molecular flexibility index (Phi) is 4.71. The Morgan fingerprint density at radius 1 is 1.47 bits per heavy atom. The molecular formula is C13H17BrO3. The Labute approximate surface area is 110 Å². The second-order valence-electron chi connectivity index (χ2n) is 4.80. The van der Waals surface area contributed by atoms with Gasteiger partial charge in [0.25, 0.3) is 0 Å². The predicted molar refractivity (Wildman–Crippen MR) is 70.1 cm³/mol. The van der Waals surface area contributed by atoms with Gasteiger partial charge in [0.1, 0.15) is 0 Å². The normalized spacial score (nSPS) is 11.4. The van der Waals surface area contributed by atoms with Gasteiger partial charge in [-0.15, -0.1) is 0 Å². The van der Waals surface area contributed by atoms with E-state index < -0.39 is 0 Å². The van der Waals surface area contributed by atoms with Crippen molar-refractivity contribution in [1.82, 2.24) is 0 Å². The lowest BCUT2D eigenvalue weighted by molar-refractivity contribution is 0.0600. The van der Waals surface area contributed by atoms with Gasteiger partial charge in [0.15, 0.2) is 0 Å². The quantitative estimate of drug-likeness (QED) is 0.870. The summed E-state index contributed by atoms with van der Waals surface area (Å²) in [4.78, 5) is 11.4. The van der Waals surface area contributed by atoms with Crippen LogP contribution in [0.4, 0.5) is 0 Å². The monoisotopic (exact) mass is 300 g/mol. The maximum atomic E-state index is 11.4. The number of aliphatic hydroxyl groups excluding tert-OH is 1. The Morgan fingerprint density at radius 3 is 2.65 bits per heavy atom. The fraction of sp³-hybridized carbons (Fsp3) is 0.462. The molecule has 0 aliphatic rings. The van der Waals surface area contributed by atoms with Gasteiger partial charge in [-0.25, -0.2) is 4.79 Å². The second kappa shape index (κ2) is 5.65. The van der Waals surface area contributed by atoms with E-state index in [-0.39, 0.29) is 18.0 Å². The molecule has 0 unspecified atom stereocenters. The number of hydrogen-bond acceptors (Lipinski definition) is 3. The molecule has 0 saturated carbocycles. The van der Waals surface area contributed by atoms with Crippen molar-refractivity contribution in [2.24, 2.45) is 5.41 Å². The highest BCUT2D eigenvalue weighted by Gasteiger charge is 2.19. The Morgan fingerprint density at radius 2 is 2.12 bits per heavy atom. The third-order valence-electron chi connectivity index (χ3n) is 2.56. The Bertz CT molecular complexity index is 413. The van der Waals surface area contributed by atoms with Crippen LogP contribution in [0.15, 0.2) is 22.7 Å². The minimum Gasteiger partial charge on any atom is -0.465 e. The number of rotatable bonds is 4. The topological polar surface area (TPSA) is 46.5 Å². The highest BCUT2D eigenvalue weighted by atomic mass is 79.9. The van der Waals surface area contributed by atoms with Gasteiger partial charge in [0.05, 0.1) is 12.7 Å². The van der Waals surface area contributed by atoms with Gasteiger partial charge in [0.2, 0.25) is 0 Å². The first-order valence-corrected chi connectivity index (χ1v) is 6.16. The number of aliphatic hydroxyl groups is 1. The van der Waals surface area contributed by atoms with E-state index in [0.717, 1.165) is 10.0 Å². The molecule has 0 atom stereocenters. The molecule has 0 fully saturated rings. The summed E-state index contributed by atoms with van der Waals surface area (Å²) < 4.78 is 5.62. The fourth-order valence-electron chi connectivity index (χ4n) is 1.53. The highest BCUT2D eigenvalue weighted by molar-refractivity contribution is 9.10. The first kappa shape index (κ1) is 14.2. The SMILES string of the molecule is COC(=O)c1ccc(Br)c(CC(C)(C)CO)c1. The van der Waals surface area contributed by atoms with E-state index in [2.05, 4.69) is 20.7 Å². The van der Waals surface area contributed by atoms with Crippen LogP contribution in [0.2, 0.25) is 0 Å². The lowest BCUT2D eigenvalue weighted by Gasteiger charge is -2.22. The summed E-state index contributed by atoms with van der Waals surface area (Å²) in [6, 6.07) is 5.34. The number of carbonyl (C=O) groups is 1. The number of esters is 1. The van der Waals surface area contributed by atoms with E-state index in [1.807, 2.05) is 19.9 Å². The maximum absolute atomic E-state index is 11.4. The van der Waals surface area contributed by atoms with Crippen molar-refractivity contribution in [3.63, 3.8) is 0 Å². The molecule has 0 heterocycles. The molecule has 1 aromatic carbocycles. The summed E-state index contributed by atoms with van der Waals surface area (Å²) in [5, 5.41) is 9.26. The summed E-state index contributed by atoms with van der Waals surface area (Å²) in [5.74, 6) is -0.347. The molecule has 0 aromatic heterocycles. The van der Waals surface area contributed by atoms with E-state index in [4.69, 9.17) is 0 Å². The smallest absolute Gasteiger partial charge is 0.337 e. The van der Waals surface area contributed by atoms with Gasteiger partial charge in [-0.1, -0.05) is 29.8 Å². The molecule has 1 N–H and O–H groups in total. The van der Waals surface area contributed by atoms with Crippen molar-refractivity contribution in [2.45, 2.75) is 20.3 Å². The molecule has 1 rings (SSSR count). The van der Waals surface area contributed by atoms with Crippen LogP contribution in [0.3, 0.4) is 0 Å². The summed E-state index contributed by atoms with van der Waals surface area (Å²) in [5.41, 5.74) is 1.31. The average Bonchev–Trinajstić information content (AvgIpc) is 2.30. The molecule has 0 saturated heterocycles. The van der Waals surface area contributed by atoms with E-state index in [1.54, 1.807) is 12.1 Å². The number of halogens is 1. The van der Waals surface area contributed by atoms with Crippen molar-refractivity contribution in [3.05, 3.63) is 33.8 Å². The summed E-state index contributed by atoms with van der Waals surface area (Å²) >= 11 is 3.45. The van der Waals surface area contributed by atoms with E-state index in [0.29, 0.717) is 12.0 Å². The third-order valence-corrected chi connectivity index (χ3v) is 3.34. The fourth-order valence-corrected chi connectivity index (χ4v) is 1.91. The lowest BCUT2D eigenvalue weighted by atomic mass is 9.86. The van der Waals surface area contributed by atoms with Gasteiger partial charge in [-0.3, -0.25) is 0 Å². The zero-order valence-corrected chi connectivity index (χ0v) is 11.9. The molecule has 1 aromatic rings. The molecule has 94 valence electrons. The van der Waals surface area contributed by atoms with Crippen molar-refractivity contribution in [1.29, 1.82) is 0 Å². The molecule has 0 bridgehead atoms. The summed E-state index contributed by atoms with van der Waals surface area (Å²) in [6.07, 6.45) is 0.689. The van der Waals surface area contributed by atoms with Crippen molar-refractivity contribution in [2.75, 3.05) is 13.7 Å². The number of hydrogen-bond donors (Lipinski definition) is 1. The average molecular weight is 301 g/mol. The molecule has 0 spiro atoms. The standard InChI is InChI=1S/C13H17BrO3/c1-13(2,8-15)7-10-6-9(12(16)17-3)4-5-11(10)14/h4-6,15H,7-8H2,1-3H3. The molecule has 3 nitrogen and oxygen atoms in total. The zero-order chi connectivity index (χ0) is 13.1. The number of ether oxygens (including phenoxy) is 1. The predicted octanol–water partition coefficient (Wildman–Crippen LogP) is 2.80. The third kappa shape index (κ3) is 3.82. The lowest BCUT2D eigenvalue weighted by Crippen LogP contribution is -2.20. The first-order valence-electron chi connectivity index (χ1n) is 5.37. The van der Waals surface area contributed by atoms with E-state index in [9.17, 15) is 9.90 Å². The van der Waals surface area contributed by atoms with Crippen LogP contribution in [-0.4, -0.2) is 24.8 Å². The van der Waals surface area contributed by atoms with Gasteiger partial charge in [0, 0.05) is 11.1 Å². The molecule has 4 heteroatoms. The summed E-state index contributed by atoms with van der Waals surface area (Å²) in [7, 11) is 1.36. The summed E-state index contributed by atoms with van der Waals surface area (Å²) in [6.45, 7) is 4.05. The molecule has 0 aliphatic carbocycles. The van der Waals surface area contributed by atoms with Crippen molar-refractivity contribution >= 4 is 21.9 Å². The molecule has 0 aliphatic heterocycles. The van der Waals surface area contributed by atoms with Gasteiger partial charge in [-0.05, 0) is 35.6 Å².